The average molecular weight is 556 g/mol. The minimum atomic E-state index is -4.85. The number of carbonyl (C=O) groups is 1. The number of hydrogen-bond acceptors (Lipinski definition) is 5. The Labute approximate surface area is 216 Å². The van der Waals surface area contributed by atoms with E-state index in [4.69, 9.17) is 0 Å². The third-order valence-corrected chi connectivity index (χ3v) is 7.84. The fraction of sp³-hybridized carbons (Fsp3) is 0.280. The van der Waals surface area contributed by atoms with Crippen LogP contribution in [0.15, 0.2) is 64.4 Å². The van der Waals surface area contributed by atoms with Gasteiger partial charge in [-0.1, -0.05) is 30.3 Å². The van der Waals surface area contributed by atoms with E-state index in [1.807, 2.05) is 0 Å². The number of fused-ring (bicyclic) bond motifs is 3. The van der Waals surface area contributed by atoms with Crippen molar-refractivity contribution >= 4 is 17.7 Å². The van der Waals surface area contributed by atoms with Gasteiger partial charge in [0.1, 0.15) is 12.7 Å². The normalized spacial score (nSPS) is 18.4. The predicted molar refractivity (Wildman–Crippen MR) is 126 cm³/mol. The molecule has 1 N–H and O–H groups in total. The van der Waals surface area contributed by atoms with Crippen molar-refractivity contribution in [3.63, 3.8) is 0 Å². The Bertz CT molecular complexity index is 1490. The fourth-order valence-corrected chi connectivity index (χ4v) is 5.94. The van der Waals surface area contributed by atoms with Gasteiger partial charge in [-0.2, -0.15) is 26.3 Å². The summed E-state index contributed by atoms with van der Waals surface area (Å²) in [5.41, 5.74) is -1.95. The molecule has 2 aliphatic rings. The van der Waals surface area contributed by atoms with Crippen LogP contribution in [0.2, 0.25) is 0 Å². The Hall–Kier alpha value is -3.61. The quantitative estimate of drug-likeness (QED) is 0.437. The lowest BCUT2D eigenvalue weighted by Gasteiger charge is -2.46. The number of alkyl halides is 6. The van der Waals surface area contributed by atoms with Crippen LogP contribution in [0.1, 0.15) is 45.7 Å². The summed E-state index contributed by atoms with van der Waals surface area (Å²) in [5, 5.41) is 11.8. The maximum atomic E-state index is 14.0. The van der Waals surface area contributed by atoms with Crippen molar-refractivity contribution in [2.75, 3.05) is 11.7 Å². The Morgan fingerprint density at radius 2 is 1.66 bits per heavy atom. The van der Waals surface area contributed by atoms with E-state index in [9.17, 15) is 41.0 Å². The molecule has 0 unspecified atom stereocenters. The van der Waals surface area contributed by atoms with Gasteiger partial charge < -0.3 is 10.0 Å². The van der Waals surface area contributed by atoms with Gasteiger partial charge in [-0.15, -0.1) is 11.8 Å². The molecule has 0 radical (unpaired) electrons. The van der Waals surface area contributed by atoms with Gasteiger partial charge >= 0.3 is 12.4 Å². The molecule has 3 aromatic rings. The molecule has 13 heteroatoms. The van der Waals surface area contributed by atoms with Crippen molar-refractivity contribution < 1.29 is 36.2 Å². The highest BCUT2D eigenvalue weighted by atomic mass is 32.2. The number of benzene rings is 2. The Morgan fingerprint density at radius 3 is 2.34 bits per heavy atom. The van der Waals surface area contributed by atoms with E-state index in [-0.39, 0.29) is 16.9 Å². The molecule has 1 aromatic heterocycles. The van der Waals surface area contributed by atoms with Crippen molar-refractivity contribution in [1.29, 1.82) is 0 Å². The molecular weight excluding hydrogens is 536 g/mol. The first kappa shape index (κ1) is 26.0. The zero-order valence-electron chi connectivity index (χ0n) is 19.5. The van der Waals surface area contributed by atoms with E-state index < -0.39 is 59.4 Å². The van der Waals surface area contributed by atoms with Crippen LogP contribution in [-0.4, -0.2) is 39.5 Å². The van der Waals surface area contributed by atoms with Crippen molar-refractivity contribution in [3.05, 3.63) is 92.9 Å². The largest absolute Gasteiger partial charge is 0.502 e. The molecule has 0 bridgehead atoms. The van der Waals surface area contributed by atoms with Crippen LogP contribution >= 0.6 is 11.8 Å². The summed E-state index contributed by atoms with van der Waals surface area (Å²) in [7, 11) is 0. The summed E-state index contributed by atoms with van der Waals surface area (Å²) in [6.07, 6.45) is -8.42. The van der Waals surface area contributed by atoms with E-state index in [2.05, 4.69) is 0 Å². The highest BCUT2D eigenvalue weighted by Gasteiger charge is 2.48. The zero-order chi connectivity index (χ0) is 27.6. The molecule has 0 aliphatic carbocycles. The minimum Gasteiger partial charge on any atom is -0.502 e. The lowest BCUT2D eigenvalue weighted by Crippen LogP contribution is -2.60. The Kier molecular flexibility index (Phi) is 6.16. The smallest absolute Gasteiger partial charge is 0.416 e. The molecule has 200 valence electrons. The van der Waals surface area contributed by atoms with Crippen LogP contribution in [0.3, 0.4) is 0 Å². The molecule has 2 atom stereocenters. The summed E-state index contributed by atoms with van der Waals surface area (Å²) in [4.78, 5) is 26.4. The van der Waals surface area contributed by atoms with Gasteiger partial charge in [0, 0.05) is 22.9 Å². The number of amides is 1. The molecule has 3 heterocycles. The van der Waals surface area contributed by atoms with Gasteiger partial charge in [0.15, 0.2) is 11.4 Å². The van der Waals surface area contributed by atoms with E-state index in [1.165, 1.54) is 17.1 Å². The second-order valence-electron chi connectivity index (χ2n) is 8.90. The Morgan fingerprint density at radius 1 is 0.974 bits per heavy atom. The van der Waals surface area contributed by atoms with Crippen molar-refractivity contribution in [2.24, 2.45) is 0 Å². The fourth-order valence-electron chi connectivity index (χ4n) is 4.80. The monoisotopic (exact) mass is 555 g/mol. The highest BCUT2D eigenvalue weighted by Crippen LogP contribution is 2.46. The van der Waals surface area contributed by atoms with E-state index in [1.54, 1.807) is 24.3 Å². The minimum absolute atomic E-state index is 0.0506. The van der Waals surface area contributed by atoms with Crippen LogP contribution < -0.4 is 10.4 Å². The van der Waals surface area contributed by atoms with Gasteiger partial charge in [-0.3, -0.25) is 19.3 Å². The molecule has 5 rings (SSSR count). The first-order valence-electron chi connectivity index (χ1n) is 11.3. The third kappa shape index (κ3) is 4.18. The number of thioether (sulfide) groups is 1. The van der Waals surface area contributed by atoms with Gasteiger partial charge in [0.05, 0.1) is 11.6 Å². The van der Waals surface area contributed by atoms with Crippen LogP contribution in [0.25, 0.3) is 0 Å². The molecular formula is C25H19F6N3O3S. The second kappa shape index (κ2) is 9.00. The molecule has 0 saturated heterocycles. The maximum Gasteiger partial charge on any atom is 0.416 e. The summed E-state index contributed by atoms with van der Waals surface area (Å²) < 4.78 is 84.5. The van der Waals surface area contributed by atoms with Crippen molar-refractivity contribution in [2.45, 2.75) is 42.0 Å². The highest BCUT2D eigenvalue weighted by molar-refractivity contribution is 7.98. The van der Waals surface area contributed by atoms with Gasteiger partial charge in [-0.25, -0.2) is 0 Å². The number of rotatable bonds is 2. The van der Waals surface area contributed by atoms with E-state index in [0.717, 1.165) is 41.7 Å². The van der Waals surface area contributed by atoms with Crippen molar-refractivity contribution in [1.82, 2.24) is 9.58 Å². The first-order valence-corrected chi connectivity index (χ1v) is 12.3. The summed E-state index contributed by atoms with van der Waals surface area (Å²) in [5.74, 6) is -2.35. The van der Waals surface area contributed by atoms with Gasteiger partial charge in [-0.05, 0) is 35.7 Å². The molecule has 0 saturated carbocycles. The van der Waals surface area contributed by atoms with Crippen LogP contribution in [0.5, 0.6) is 5.75 Å². The molecule has 2 aliphatic heterocycles. The molecule has 2 aromatic carbocycles. The first-order chi connectivity index (χ1) is 17.8. The number of nitrogens with zero attached hydrogens (tertiary/aromatic N) is 3. The van der Waals surface area contributed by atoms with Crippen LogP contribution in [0, 0.1) is 0 Å². The lowest BCUT2D eigenvalue weighted by molar-refractivity contribution is -0.173. The number of aromatic nitrogens is 1. The van der Waals surface area contributed by atoms with Crippen LogP contribution in [0.4, 0.5) is 26.3 Å². The predicted octanol–water partition coefficient (Wildman–Crippen LogP) is 5.27. The maximum absolute atomic E-state index is 14.0. The number of pyridine rings is 1. The SMILES string of the molecule is C[C@@H](N1CN([C@@H]2c3ccccc3SCc3c2cccc3C(F)(F)F)n2ccc(=O)c(O)c2C1=O)C(F)(F)F. The molecule has 38 heavy (non-hydrogen) atoms. The average Bonchev–Trinajstić information content (AvgIpc) is 3.01. The number of aromatic hydroxyl groups is 1. The molecule has 0 fully saturated rings. The standard InChI is InChI=1S/C25H19F6N3O3S/c1-13(24(26,27)28)32-12-34(33-10-9-18(35)22(36)21(33)23(32)37)20-14-6-4-7-17(25(29,30)31)16(14)11-38-19-8-3-2-5-15(19)20/h2-10,13,20,36H,11-12H2,1H3/t13-,20+/m1/s1. The molecule has 1 amide bonds. The second-order valence-corrected chi connectivity index (χ2v) is 9.91. The summed E-state index contributed by atoms with van der Waals surface area (Å²) in [6.45, 7) is 0.0740. The Balaban J connectivity index is 1.81. The summed E-state index contributed by atoms with van der Waals surface area (Å²) >= 11 is 1.15. The topological polar surface area (TPSA) is 65.8 Å². The van der Waals surface area contributed by atoms with Crippen molar-refractivity contribution in [3.8, 4) is 5.75 Å². The zero-order valence-corrected chi connectivity index (χ0v) is 20.4. The van der Waals surface area contributed by atoms with E-state index >= 15 is 0 Å². The van der Waals surface area contributed by atoms with E-state index in [0.29, 0.717) is 15.4 Å². The number of hydrogen-bond donors (Lipinski definition) is 1. The van der Waals surface area contributed by atoms with Gasteiger partial charge in [0.25, 0.3) is 5.91 Å². The van der Waals surface area contributed by atoms with Crippen LogP contribution in [-0.2, 0) is 11.9 Å². The number of carbonyl (C=O) groups excluding carboxylic acids is 1. The number of halogens is 6. The molecule has 0 spiro atoms. The third-order valence-electron chi connectivity index (χ3n) is 6.73. The molecule has 6 nitrogen and oxygen atoms in total. The lowest BCUT2D eigenvalue weighted by atomic mass is 9.91. The summed E-state index contributed by atoms with van der Waals surface area (Å²) in [6, 6.07) is 7.84. The van der Waals surface area contributed by atoms with Gasteiger partial charge in [0.2, 0.25) is 5.43 Å².